The van der Waals surface area contributed by atoms with Crippen LogP contribution in [-0.2, 0) is 19.0 Å². The van der Waals surface area contributed by atoms with Gasteiger partial charge in [0.2, 0.25) is 0 Å². The molecule has 2 N–H and O–H groups in total. The predicted octanol–water partition coefficient (Wildman–Crippen LogP) is 3.31. The molecule has 1 aromatic heterocycles. The Balaban J connectivity index is 0.00000261. The van der Waals surface area contributed by atoms with Gasteiger partial charge in [0.15, 0.2) is 5.96 Å². The van der Waals surface area contributed by atoms with E-state index in [4.69, 9.17) is 0 Å². The number of hydrogen-bond donors (Lipinski definition) is 2. The maximum Gasteiger partial charge on any atom is 0.191 e. The summed E-state index contributed by atoms with van der Waals surface area (Å²) in [4.78, 5) is 8.64. The van der Waals surface area contributed by atoms with Crippen LogP contribution in [0.3, 0.4) is 0 Å². The van der Waals surface area contributed by atoms with Crippen molar-refractivity contribution in [2.24, 2.45) is 12.0 Å². The number of aryl methyl sites for hydroxylation is 2. The molecule has 1 aromatic carbocycles. The Hall–Kier alpha value is -1.64. The smallest absolute Gasteiger partial charge is 0.191 e. The van der Waals surface area contributed by atoms with Crippen molar-refractivity contribution in [3.63, 3.8) is 0 Å². The molecule has 1 saturated carbocycles. The van der Waals surface area contributed by atoms with Crippen molar-refractivity contribution in [1.29, 1.82) is 0 Å². The van der Waals surface area contributed by atoms with Gasteiger partial charge in [0.25, 0.3) is 0 Å². The second kappa shape index (κ2) is 10.1. The molecular formula is C20H31IN6. The highest BCUT2D eigenvalue weighted by Gasteiger charge is 2.34. The van der Waals surface area contributed by atoms with Crippen LogP contribution in [0.5, 0.6) is 0 Å². The molecule has 0 saturated heterocycles. The number of halogens is 1. The molecule has 0 atom stereocenters. The van der Waals surface area contributed by atoms with Crippen LogP contribution >= 0.6 is 24.0 Å². The summed E-state index contributed by atoms with van der Waals surface area (Å²) >= 11 is 0. The van der Waals surface area contributed by atoms with E-state index in [1.165, 1.54) is 43.2 Å². The lowest BCUT2D eigenvalue weighted by atomic mass is 9.68. The lowest BCUT2D eigenvalue weighted by Crippen LogP contribution is -2.46. The summed E-state index contributed by atoms with van der Waals surface area (Å²) in [5.41, 5.74) is 3.06. The molecule has 1 fully saturated rings. The monoisotopic (exact) mass is 482 g/mol. The van der Waals surface area contributed by atoms with Crippen LogP contribution < -0.4 is 10.6 Å². The lowest BCUT2D eigenvalue weighted by Gasteiger charge is -2.39. The largest absolute Gasteiger partial charge is 0.356 e. The average Bonchev–Trinajstić information content (AvgIpc) is 3.08. The van der Waals surface area contributed by atoms with E-state index in [1.807, 2.05) is 14.1 Å². The van der Waals surface area contributed by atoms with Crippen molar-refractivity contribution < 1.29 is 0 Å². The number of hydrogen-bond acceptors (Lipinski definition) is 3. The Kier molecular flexibility index (Phi) is 8.07. The summed E-state index contributed by atoms with van der Waals surface area (Å²) in [5.74, 6) is 1.70. The van der Waals surface area contributed by atoms with Crippen LogP contribution in [0.2, 0.25) is 0 Å². The first-order valence-electron chi connectivity index (χ1n) is 9.48. The first kappa shape index (κ1) is 21.7. The minimum atomic E-state index is 0. The number of aliphatic imine (C=N–C) groups is 1. The van der Waals surface area contributed by atoms with E-state index in [1.54, 1.807) is 11.0 Å². The van der Waals surface area contributed by atoms with Gasteiger partial charge in [-0.1, -0.05) is 43.5 Å². The van der Waals surface area contributed by atoms with Gasteiger partial charge in [-0.15, -0.1) is 24.0 Å². The van der Waals surface area contributed by atoms with E-state index < -0.39 is 0 Å². The Morgan fingerprint density at radius 2 is 1.93 bits per heavy atom. The number of aromatic nitrogens is 3. The van der Waals surface area contributed by atoms with Gasteiger partial charge in [-0.25, -0.2) is 4.98 Å². The molecule has 1 aliphatic carbocycles. The highest BCUT2D eigenvalue weighted by atomic mass is 127. The van der Waals surface area contributed by atoms with Crippen LogP contribution in [0.4, 0.5) is 0 Å². The molecule has 0 spiro atoms. The molecule has 0 unspecified atom stereocenters. The quantitative estimate of drug-likeness (QED) is 0.390. The fourth-order valence-corrected chi connectivity index (χ4v) is 4.05. The minimum Gasteiger partial charge on any atom is -0.356 e. The highest BCUT2D eigenvalue weighted by Crippen LogP contribution is 2.40. The maximum absolute atomic E-state index is 4.39. The number of rotatable bonds is 5. The second-order valence-electron chi connectivity index (χ2n) is 7.24. The van der Waals surface area contributed by atoms with Gasteiger partial charge < -0.3 is 10.6 Å². The normalized spacial score (nSPS) is 16.5. The van der Waals surface area contributed by atoms with Gasteiger partial charge in [-0.2, -0.15) is 5.10 Å². The van der Waals surface area contributed by atoms with Crippen molar-refractivity contribution >= 4 is 29.9 Å². The Labute approximate surface area is 179 Å². The predicted molar refractivity (Wildman–Crippen MR) is 121 cm³/mol. The molecule has 0 radical (unpaired) electrons. The van der Waals surface area contributed by atoms with E-state index >= 15 is 0 Å². The molecule has 0 aliphatic heterocycles. The van der Waals surface area contributed by atoms with Crippen molar-refractivity contribution in [3.8, 4) is 0 Å². The zero-order chi connectivity index (χ0) is 18.4. The third-order valence-corrected chi connectivity index (χ3v) is 5.56. The number of guanidine groups is 1. The third-order valence-electron chi connectivity index (χ3n) is 5.56. The molecule has 0 amide bonds. The summed E-state index contributed by atoms with van der Waals surface area (Å²) in [7, 11) is 3.71. The van der Waals surface area contributed by atoms with E-state index in [0.717, 1.165) is 18.3 Å². The zero-order valence-corrected chi connectivity index (χ0v) is 18.9. The molecule has 1 aliphatic rings. The number of benzene rings is 1. The zero-order valence-electron chi connectivity index (χ0n) is 16.5. The topological polar surface area (TPSA) is 67.1 Å². The van der Waals surface area contributed by atoms with Crippen molar-refractivity contribution in [2.45, 2.75) is 51.0 Å². The number of nitrogens with one attached hydrogen (secondary N) is 2. The van der Waals surface area contributed by atoms with Crippen LogP contribution in [0, 0.1) is 6.92 Å². The molecule has 27 heavy (non-hydrogen) atoms. The van der Waals surface area contributed by atoms with E-state index in [0.29, 0.717) is 6.54 Å². The SMILES string of the molecule is CN=C(NCc1ncnn1C)NCC1(c2ccccc2C)CCCCC1.I. The second-order valence-corrected chi connectivity index (χ2v) is 7.24. The fourth-order valence-electron chi connectivity index (χ4n) is 4.05. The Morgan fingerprint density at radius 1 is 1.19 bits per heavy atom. The van der Waals surface area contributed by atoms with Crippen LogP contribution in [-0.4, -0.2) is 34.3 Å². The first-order valence-corrected chi connectivity index (χ1v) is 9.48. The summed E-state index contributed by atoms with van der Waals surface area (Å²) in [6, 6.07) is 8.83. The highest BCUT2D eigenvalue weighted by molar-refractivity contribution is 14.0. The molecule has 7 heteroatoms. The average molecular weight is 482 g/mol. The molecule has 0 bridgehead atoms. The lowest BCUT2D eigenvalue weighted by molar-refractivity contribution is 0.290. The van der Waals surface area contributed by atoms with Gasteiger partial charge in [0, 0.05) is 26.1 Å². The molecule has 2 aromatic rings. The minimum absolute atomic E-state index is 0. The molecule has 3 rings (SSSR count). The summed E-state index contributed by atoms with van der Waals surface area (Å²) in [6.45, 7) is 3.73. The molecule has 148 valence electrons. The van der Waals surface area contributed by atoms with Crippen LogP contribution in [0.15, 0.2) is 35.6 Å². The van der Waals surface area contributed by atoms with Gasteiger partial charge >= 0.3 is 0 Å². The van der Waals surface area contributed by atoms with E-state index in [9.17, 15) is 0 Å². The summed E-state index contributed by atoms with van der Waals surface area (Å²) in [6.07, 6.45) is 7.95. The Morgan fingerprint density at radius 3 is 2.56 bits per heavy atom. The summed E-state index contributed by atoms with van der Waals surface area (Å²) < 4.78 is 1.77. The molecule has 1 heterocycles. The van der Waals surface area contributed by atoms with Gasteiger partial charge in [0.05, 0.1) is 6.54 Å². The Bertz CT molecular complexity index is 748. The standard InChI is InChI=1S/C20H30N6.HI/c1-16-9-5-6-10-17(16)20(11-7-4-8-12-20)14-23-19(21-2)22-13-18-24-15-25-26(18)3;/h5-6,9-10,15H,4,7-8,11-14H2,1-3H3,(H2,21,22,23);1H. The molecule has 6 nitrogen and oxygen atoms in total. The fraction of sp³-hybridized carbons (Fsp3) is 0.550. The van der Waals surface area contributed by atoms with Crippen molar-refractivity contribution in [1.82, 2.24) is 25.4 Å². The van der Waals surface area contributed by atoms with E-state index in [-0.39, 0.29) is 29.4 Å². The van der Waals surface area contributed by atoms with Crippen molar-refractivity contribution in [3.05, 3.63) is 47.5 Å². The number of nitrogens with zero attached hydrogens (tertiary/aromatic N) is 4. The van der Waals surface area contributed by atoms with Crippen LogP contribution in [0.25, 0.3) is 0 Å². The van der Waals surface area contributed by atoms with E-state index in [2.05, 4.69) is 56.9 Å². The first-order chi connectivity index (χ1) is 12.6. The van der Waals surface area contributed by atoms with Crippen molar-refractivity contribution in [2.75, 3.05) is 13.6 Å². The molecular weight excluding hydrogens is 451 g/mol. The third kappa shape index (κ3) is 5.21. The van der Waals surface area contributed by atoms with Crippen LogP contribution in [0.1, 0.15) is 49.1 Å². The maximum atomic E-state index is 4.39. The van der Waals surface area contributed by atoms with Gasteiger partial charge in [0.1, 0.15) is 12.2 Å². The van der Waals surface area contributed by atoms with Gasteiger partial charge in [-0.3, -0.25) is 9.67 Å². The summed E-state index contributed by atoms with van der Waals surface area (Å²) in [5, 5.41) is 11.0. The van der Waals surface area contributed by atoms with Gasteiger partial charge in [-0.05, 0) is 30.9 Å².